The van der Waals surface area contributed by atoms with E-state index in [9.17, 15) is 4.79 Å². The van der Waals surface area contributed by atoms with Crippen LogP contribution in [0.25, 0.3) is 11.3 Å². The largest absolute Gasteiger partial charge is 0.337 e. The summed E-state index contributed by atoms with van der Waals surface area (Å²) in [5, 5.41) is 7.13. The van der Waals surface area contributed by atoms with Gasteiger partial charge in [-0.1, -0.05) is 30.3 Å². The zero-order valence-electron chi connectivity index (χ0n) is 11.6. The van der Waals surface area contributed by atoms with Gasteiger partial charge in [-0.15, -0.1) is 0 Å². The molecule has 1 aromatic carbocycles. The fraction of sp³-hybridized carbons (Fsp3) is 0.333. The Morgan fingerprint density at radius 3 is 2.62 bits per heavy atom. The summed E-state index contributed by atoms with van der Waals surface area (Å²) >= 11 is 3.50. The van der Waals surface area contributed by atoms with E-state index < -0.39 is 0 Å². The van der Waals surface area contributed by atoms with E-state index >= 15 is 0 Å². The van der Waals surface area contributed by atoms with Crippen LogP contribution in [0.4, 0.5) is 0 Å². The average molecular weight is 349 g/mol. The summed E-state index contributed by atoms with van der Waals surface area (Å²) in [4.78, 5) is 14.4. The van der Waals surface area contributed by atoms with Gasteiger partial charge in [0.05, 0.1) is 4.47 Å². The summed E-state index contributed by atoms with van der Waals surface area (Å²) in [5.74, 6) is -0.0246. The second-order valence-electron chi connectivity index (χ2n) is 5.26. The van der Waals surface area contributed by atoms with Gasteiger partial charge in [-0.3, -0.25) is 9.89 Å². The van der Waals surface area contributed by atoms with E-state index in [1.807, 2.05) is 35.2 Å². The van der Waals surface area contributed by atoms with Gasteiger partial charge in [-0.25, -0.2) is 0 Å². The van der Waals surface area contributed by atoms with Crippen LogP contribution >= 0.6 is 15.9 Å². The number of likely N-dealkylation sites (tertiary alicyclic amines) is 1. The molecule has 3 rings (SSSR count). The molecule has 0 bridgehead atoms. The Bertz CT molecular complexity index is 632. The fourth-order valence-corrected chi connectivity index (χ4v) is 3.09. The summed E-state index contributed by atoms with van der Waals surface area (Å²) in [6, 6.07) is 9.99. The normalized spacial score (nSPS) is 16.2. The minimum absolute atomic E-state index is 0.0246. The monoisotopic (exact) mass is 348 g/mol. The number of rotatable bonds is 2. The molecule has 3 N–H and O–H groups in total. The molecule has 1 fully saturated rings. The number of carbonyl (C=O) groups excluding carboxylic acids is 1. The SMILES string of the molecule is NC1CCN(C(=O)c2[nH]nc(-c3ccccc3)c2Br)CC1. The van der Waals surface area contributed by atoms with Crippen LogP contribution in [0.2, 0.25) is 0 Å². The molecule has 2 aromatic rings. The number of halogens is 1. The van der Waals surface area contributed by atoms with Crippen molar-refractivity contribution in [3.8, 4) is 11.3 Å². The molecule has 0 unspecified atom stereocenters. The Kier molecular flexibility index (Phi) is 4.07. The molecular weight excluding hydrogens is 332 g/mol. The fourth-order valence-electron chi connectivity index (χ4n) is 2.52. The number of hydrogen-bond acceptors (Lipinski definition) is 3. The number of nitrogens with zero attached hydrogens (tertiary/aromatic N) is 2. The van der Waals surface area contributed by atoms with Crippen molar-refractivity contribution < 1.29 is 4.79 Å². The van der Waals surface area contributed by atoms with Crippen molar-refractivity contribution in [1.82, 2.24) is 15.1 Å². The second kappa shape index (κ2) is 5.99. The molecule has 1 aromatic heterocycles. The van der Waals surface area contributed by atoms with Crippen LogP contribution in [-0.4, -0.2) is 40.1 Å². The highest BCUT2D eigenvalue weighted by atomic mass is 79.9. The first-order chi connectivity index (χ1) is 10.2. The molecule has 21 heavy (non-hydrogen) atoms. The lowest BCUT2D eigenvalue weighted by atomic mass is 10.1. The molecule has 0 atom stereocenters. The zero-order chi connectivity index (χ0) is 14.8. The maximum atomic E-state index is 12.6. The minimum Gasteiger partial charge on any atom is -0.337 e. The summed E-state index contributed by atoms with van der Waals surface area (Å²) in [5.41, 5.74) is 8.11. The van der Waals surface area contributed by atoms with Crippen molar-refractivity contribution in [1.29, 1.82) is 0 Å². The molecule has 0 aliphatic carbocycles. The molecule has 1 amide bonds. The van der Waals surface area contributed by atoms with E-state index in [2.05, 4.69) is 26.1 Å². The van der Waals surface area contributed by atoms with Crippen LogP contribution in [0.3, 0.4) is 0 Å². The predicted octanol–water partition coefficient (Wildman–Crippen LogP) is 2.40. The van der Waals surface area contributed by atoms with Gasteiger partial charge >= 0.3 is 0 Å². The van der Waals surface area contributed by atoms with Crippen LogP contribution in [-0.2, 0) is 0 Å². The van der Waals surface area contributed by atoms with Crippen LogP contribution in [0.5, 0.6) is 0 Å². The van der Waals surface area contributed by atoms with Crippen molar-refractivity contribution in [2.24, 2.45) is 5.73 Å². The molecular formula is C15H17BrN4O. The summed E-state index contributed by atoms with van der Waals surface area (Å²) in [7, 11) is 0. The second-order valence-corrected chi connectivity index (χ2v) is 6.05. The number of nitrogens with one attached hydrogen (secondary N) is 1. The van der Waals surface area contributed by atoms with Gasteiger partial charge in [0.15, 0.2) is 0 Å². The molecule has 6 heteroatoms. The van der Waals surface area contributed by atoms with E-state index in [0.717, 1.165) is 24.1 Å². The lowest BCUT2D eigenvalue weighted by molar-refractivity contribution is 0.0708. The molecule has 0 saturated carbocycles. The highest BCUT2D eigenvalue weighted by molar-refractivity contribution is 9.10. The molecule has 0 radical (unpaired) electrons. The van der Waals surface area contributed by atoms with Gasteiger partial charge < -0.3 is 10.6 Å². The van der Waals surface area contributed by atoms with Crippen LogP contribution in [0.15, 0.2) is 34.8 Å². The molecule has 1 aliphatic rings. The lowest BCUT2D eigenvalue weighted by Gasteiger charge is -2.29. The van der Waals surface area contributed by atoms with Crippen molar-refractivity contribution >= 4 is 21.8 Å². The first-order valence-electron chi connectivity index (χ1n) is 7.01. The standard InChI is InChI=1S/C15H17BrN4O/c16-12-13(10-4-2-1-3-5-10)18-19-14(12)15(21)20-8-6-11(17)7-9-20/h1-5,11H,6-9,17H2,(H,18,19). The highest BCUT2D eigenvalue weighted by Crippen LogP contribution is 2.29. The number of aromatic amines is 1. The Balaban J connectivity index is 1.84. The van der Waals surface area contributed by atoms with E-state index in [-0.39, 0.29) is 11.9 Å². The van der Waals surface area contributed by atoms with Crippen LogP contribution < -0.4 is 5.73 Å². The number of piperidine rings is 1. The summed E-state index contributed by atoms with van der Waals surface area (Å²) in [6.45, 7) is 1.40. The highest BCUT2D eigenvalue weighted by Gasteiger charge is 2.26. The molecule has 110 valence electrons. The number of nitrogens with two attached hydrogens (primary N) is 1. The molecule has 2 heterocycles. The Morgan fingerprint density at radius 1 is 1.29 bits per heavy atom. The van der Waals surface area contributed by atoms with Crippen LogP contribution in [0, 0.1) is 0 Å². The smallest absolute Gasteiger partial charge is 0.273 e. The number of H-pyrrole nitrogens is 1. The van der Waals surface area contributed by atoms with Gasteiger partial charge in [-0.05, 0) is 28.8 Å². The van der Waals surface area contributed by atoms with Gasteiger partial charge in [0.1, 0.15) is 11.4 Å². The van der Waals surface area contributed by atoms with Crippen molar-refractivity contribution in [3.63, 3.8) is 0 Å². The zero-order valence-corrected chi connectivity index (χ0v) is 13.1. The maximum absolute atomic E-state index is 12.6. The topological polar surface area (TPSA) is 75.0 Å². The summed E-state index contributed by atoms with van der Waals surface area (Å²) < 4.78 is 0.716. The van der Waals surface area contributed by atoms with E-state index in [1.165, 1.54) is 0 Å². The predicted molar refractivity (Wildman–Crippen MR) is 84.8 cm³/mol. The minimum atomic E-state index is -0.0246. The lowest BCUT2D eigenvalue weighted by Crippen LogP contribution is -2.43. The third-order valence-electron chi connectivity index (χ3n) is 3.79. The van der Waals surface area contributed by atoms with E-state index in [0.29, 0.717) is 23.3 Å². The number of aromatic nitrogens is 2. The first-order valence-corrected chi connectivity index (χ1v) is 7.80. The van der Waals surface area contributed by atoms with Gasteiger partial charge in [0.2, 0.25) is 0 Å². The van der Waals surface area contributed by atoms with E-state index in [1.54, 1.807) is 0 Å². The third kappa shape index (κ3) is 2.87. The Labute approximate surface area is 131 Å². The number of hydrogen-bond donors (Lipinski definition) is 2. The number of carbonyl (C=O) groups is 1. The molecule has 1 saturated heterocycles. The van der Waals surface area contributed by atoms with Gasteiger partial charge in [0.25, 0.3) is 5.91 Å². The Morgan fingerprint density at radius 2 is 1.95 bits per heavy atom. The quantitative estimate of drug-likeness (QED) is 0.874. The average Bonchev–Trinajstić information content (AvgIpc) is 2.90. The van der Waals surface area contributed by atoms with Crippen molar-refractivity contribution in [3.05, 3.63) is 40.5 Å². The maximum Gasteiger partial charge on any atom is 0.273 e. The van der Waals surface area contributed by atoms with E-state index in [4.69, 9.17) is 5.73 Å². The van der Waals surface area contributed by atoms with Crippen LogP contribution in [0.1, 0.15) is 23.3 Å². The van der Waals surface area contributed by atoms with Crippen molar-refractivity contribution in [2.75, 3.05) is 13.1 Å². The number of amides is 1. The third-order valence-corrected chi connectivity index (χ3v) is 4.57. The van der Waals surface area contributed by atoms with Crippen molar-refractivity contribution in [2.45, 2.75) is 18.9 Å². The molecule has 0 spiro atoms. The Hall–Kier alpha value is -1.66. The molecule has 5 nitrogen and oxygen atoms in total. The summed E-state index contributed by atoms with van der Waals surface area (Å²) in [6.07, 6.45) is 1.70. The number of benzene rings is 1. The van der Waals surface area contributed by atoms with Gasteiger partial charge in [0, 0.05) is 24.7 Å². The first kappa shape index (κ1) is 14.3. The molecule has 1 aliphatic heterocycles. The van der Waals surface area contributed by atoms with Gasteiger partial charge in [-0.2, -0.15) is 5.10 Å².